The molecule has 3 aliphatic rings. The molecule has 0 bridgehead atoms. The van der Waals surface area contributed by atoms with Crippen LogP contribution in [0.1, 0.15) is 81.7 Å². The zero-order valence-corrected chi connectivity index (χ0v) is 27.2. The number of hydrogen-bond acceptors (Lipinski definition) is 7. The van der Waals surface area contributed by atoms with Gasteiger partial charge in [0.1, 0.15) is 11.9 Å². The number of amides is 2. The van der Waals surface area contributed by atoms with Gasteiger partial charge in [0, 0.05) is 56.7 Å². The molecule has 46 heavy (non-hydrogen) atoms. The number of anilines is 2. The van der Waals surface area contributed by atoms with E-state index in [9.17, 15) is 9.59 Å². The minimum absolute atomic E-state index is 0.112. The molecule has 1 aromatic carbocycles. The van der Waals surface area contributed by atoms with Crippen LogP contribution in [0, 0.1) is 11.8 Å². The Morgan fingerprint density at radius 2 is 1.74 bits per heavy atom. The summed E-state index contributed by atoms with van der Waals surface area (Å²) in [6.45, 7) is 0.747. The smallest absolute Gasteiger partial charge is 0.407 e. The standard InChI is InChI=1S/C36H48N6O4/c1-40(2)34-17-12-29(21-38-34)26-8-6-25(7-9-26)23-41(35(44)27-10-15-33(16-11-27)46-36(45)37-18-19-43)32-5-3-4-28(20-32)30-22-39-42(24-30)31-13-14-31/h3-5,12,17,20-22,24-27,31,33,43H,6-11,13-16,18-19,23H2,1-2H3,(H,37,45). The highest BCUT2D eigenvalue weighted by atomic mass is 16.6. The molecule has 3 fully saturated rings. The van der Waals surface area contributed by atoms with Crippen molar-refractivity contribution >= 4 is 23.5 Å². The molecule has 3 aliphatic carbocycles. The largest absolute Gasteiger partial charge is 0.446 e. The molecule has 2 heterocycles. The molecule has 2 aromatic heterocycles. The third kappa shape index (κ3) is 7.89. The quantitative estimate of drug-likeness (QED) is 0.271. The number of aliphatic hydroxyl groups is 1. The first-order chi connectivity index (χ1) is 22.4. The SMILES string of the molecule is CN(C)c1ccc(C2CCC(CN(C(=O)C3CCC(OC(=O)NCCO)CC3)c3cccc(-c4cnn(C5CC5)c4)c3)CC2)cn1. The molecule has 0 radical (unpaired) electrons. The topological polar surface area (TPSA) is 113 Å². The summed E-state index contributed by atoms with van der Waals surface area (Å²) in [6, 6.07) is 13.2. The molecule has 0 saturated heterocycles. The average Bonchev–Trinajstić information content (AvgIpc) is 3.82. The Balaban J connectivity index is 1.14. The predicted octanol–water partition coefficient (Wildman–Crippen LogP) is 5.93. The molecule has 2 amide bonds. The summed E-state index contributed by atoms with van der Waals surface area (Å²) < 4.78 is 7.61. The van der Waals surface area contributed by atoms with Gasteiger partial charge in [0.05, 0.1) is 18.8 Å². The van der Waals surface area contributed by atoms with E-state index < -0.39 is 6.09 Å². The molecule has 0 spiro atoms. The van der Waals surface area contributed by atoms with Crippen LogP contribution in [-0.2, 0) is 9.53 Å². The van der Waals surface area contributed by atoms with Crippen LogP contribution in [0.5, 0.6) is 0 Å². The first kappa shape index (κ1) is 32.0. The maximum Gasteiger partial charge on any atom is 0.407 e. The van der Waals surface area contributed by atoms with Crippen LogP contribution >= 0.6 is 0 Å². The maximum absolute atomic E-state index is 14.3. The number of nitrogens with one attached hydrogen (secondary N) is 1. The second kappa shape index (κ2) is 14.7. The number of hydrogen-bond donors (Lipinski definition) is 2. The monoisotopic (exact) mass is 628 g/mol. The fourth-order valence-electron chi connectivity index (χ4n) is 7.04. The fourth-order valence-corrected chi connectivity index (χ4v) is 7.04. The van der Waals surface area contributed by atoms with Crippen LogP contribution < -0.4 is 15.1 Å². The number of alkyl carbamates (subject to hydrolysis) is 1. The normalized spacial score (nSPS) is 23.0. The van der Waals surface area contributed by atoms with E-state index in [1.54, 1.807) is 0 Å². The van der Waals surface area contributed by atoms with Crippen molar-refractivity contribution in [2.24, 2.45) is 11.8 Å². The van der Waals surface area contributed by atoms with E-state index in [1.807, 2.05) is 36.3 Å². The van der Waals surface area contributed by atoms with E-state index in [-0.39, 0.29) is 31.1 Å². The van der Waals surface area contributed by atoms with Crippen LogP contribution in [0.2, 0.25) is 0 Å². The Kier molecular flexibility index (Phi) is 10.2. The lowest BCUT2D eigenvalue weighted by atomic mass is 9.78. The summed E-state index contributed by atoms with van der Waals surface area (Å²) in [5, 5.41) is 16.1. The van der Waals surface area contributed by atoms with Gasteiger partial charge in [-0.3, -0.25) is 9.48 Å². The highest BCUT2D eigenvalue weighted by Gasteiger charge is 2.34. The van der Waals surface area contributed by atoms with Crippen molar-refractivity contribution in [3.63, 3.8) is 0 Å². The summed E-state index contributed by atoms with van der Waals surface area (Å²) in [4.78, 5) is 35.0. The fraction of sp³-hybridized carbons (Fsp3) is 0.556. The van der Waals surface area contributed by atoms with E-state index in [1.165, 1.54) is 18.4 Å². The average molecular weight is 629 g/mol. The Bertz CT molecular complexity index is 1450. The number of benzene rings is 1. The lowest BCUT2D eigenvalue weighted by molar-refractivity contribution is -0.124. The van der Waals surface area contributed by atoms with Crippen molar-refractivity contribution in [1.29, 1.82) is 0 Å². The van der Waals surface area contributed by atoms with E-state index in [2.05, 4.69) is 62.7 Å². The molecule has 0 aliphatic heterocycles. The number of aromatic nitrogens is 3. The Morgan fingerprint density at radius 1 is 0.957 bits per heavy atom. The lowest BCUT2D eigenvalue weighted by Gasteiger charge is -2.36. The molecule has 10 nitrogen and oxygen atoms in total. The van der Waals surface area contributed by atoms with Crippen LogP contribution in [0.15, 0.2) is 55.0 Å². The van der Waals surface area contributed by atoms with Crippen molar-refractivity contribution in [2.45, 2.75) is 82.3 Å². The summed E-state index contributed by atoms with van der Waals surface area (Å²) in [7, 11) is 4.02. The number of rotatable bonds is 11. The van der Waals surface area contributed by atoms with Crippen LogP contribution in [0.4, 0.5) is 16.3 Å². The van der Waals surface area contributed by atoms with Gasteiger partial charge in [-0.1, -0.05) is 18.2 Å². The minimum atomic E-state index is -0.507. The number of carbonyl (C=O) groups excluding carboxylic acids is 2. The molecule has 10 heteroatoms. The van der Waals surface area contributed by atoms with Gasteiger partial charge in [-0.2, -0.15) is 5.10 Å². The van der Waals surface area contributed by atoms with Crippen LogP contribution in [-0.4, -0.2) is 71.8 Å². The molecule has 3 aromatic rings. The second-order valence-electron chi connectivity index (χ2n) is 13.5. The van der Waals surface area contributed by atoms with Gasteiger partial charge >= 0.3 is 6.09 Å². The molecule has 0 atom stereocenters. The Labute approximate surface area is 272 Å². The van der Waals surface area contributed by atoms with Crippen LogP contribution in [0.3, 0.4) is 0 Å². The molecular weight excluding hydrogens is 580 g/mol. The van der Waals surface area contributed by atoms with Crippen molar-refractivity contribution in [3.05, 3.63) is 60.6 Å². The first-order valence-corrected chi connectivity index (χ1v) is 17.0. The van der Waals surface area contributed by atoms with E-state index in [0.717, 1.165) is 48.3 Å². The van der Waals surface area contributed by atoms with Gasteiger partial charge in [-0.05, 0) is 105 Å². The number of nitrogens with zero attached hydrogens (tertiary/aromatic N) is 5. The Hall–Kier alpha value is -3.92. The van der Waals surface area contributed by atoms with Gasteiger partial charge in [0.2, 0.25) is 5.91 Å². The molecule has 2 N–H and O–H groups in total. The van der Waals surface area contributed by atoms with Gasteiger partial charge in [-0.25, -0.2) is 9.78 Å². The number of carbonyl (C=O) groups is 2. The summed E-state index contributed by atoms with van der Waals surface area (Å²) >= 11 is 0. The van der Waals surface area contributed by atoms with Crippen molar-refractivity contribution < 1.29 is 19.4 Å². The van der Waals surface area contributed by atoms with Gasteiger partial charge in [-0.15, -0.1) is 0 Å². The molecular formula is C36H48N6O4. The zero-order valence-electron chi connectivity index (χ0n) is 27.2. The van der Waals surface area contributed by atoms with Gasteiger partial charge in [0.25, 0.3) is 0 Å². The van der Waals surface area contributed by atoms with Gasteiger partial charge in [0.15, 0.2) is 0 Å². The van der Waals surface area contributed by atoms with E-state index in [4.69, 9.17) is 9.84 Å². The highest BCUT2D eigenvalue weighted by Crippen LogP contribution is 2.39. The molecule has 246 valence electrons. The van der Waals surface area contributed by atoms with Crippen molar-refractivity contribution in [1.82, 2.24) is 20.1 Å². The lowest BCUT2D eigenvalue weighted by Crippen LogP contribution is -2.42. The summed E-state index contributed by atoms with van der Waals surface area (Å²) in [5.41, 5.74) is 4.40. The number of aliphatic hydroxyl groups excluding tert-OH is 1. The third-order valence-electron chi connectivity index (χ3n) is 9.95. The van der Waals surface area contributed by atoms with Crippen molar-refractivity contribution in [3.8, 4) is 11.1 Å². The molecule has 0 unspecified atom stereocenters. The summed E-state index contributed by atoms with van der Waals surface area (Å²) in [5.74, 6) is 1.95. The van der Waals surface area contributed by atoms with E-state index in [0.29, 0.717) is 50.1 Å². The highest BCUT2D eigenvalue weighted by molar-refractivity contribution is 5.95. The number of ether oxygens (including phenoxy) is 1. The minimum Gasteiger partial charge on any atom is -0.446 e. The summed E-state index contributed by atoms with van der Waals surface area (Å²) in [6.07, 6.45) is 14.8. The predicted molar refractivity (Wildman–Crippen MR) is 179 cm³/mol. The molecule has 6 rings (SSSR count). The Morgan fingerprint density at radius 3 is 2.41 bits per heavy atom. The van der Waals surface area contributed by atoms with E-state index >= 15 is 0 Å². The zero-order chi connectivity index (χ0) is 32.0. The second-order valence-corrected chi connectivity index (χ2v) is 13.5. The molecule has 3 saturated carbocycles. The third-order valence-corrected chi connectivity index (χ3v) is 9.95. The van der Waals surface area contributed by atoms with Crippen molar-refractivity contribution in [2.75, 3.05) is 43.6 Å². The van der Waals surface area contributed by atoms with Gasteiger partial charge < -0.3 is 25.0 Å². The number of pyridine rings is 1. The van der Waals surface area contributed by atoms with Crippen LogP contribution in [0.25, 0.3) is 11.1 Å². The first-order valence-electron chi connectivity index (χ1n) is 17.0. The maximum atomic E-state index is 14.3.